The van der Waals surface area contributed by atoms with Crippen LogP contribution in [0.1, 0.15) is 158 Å². The summed E-state index contributed by atoms with van der Waals surface area (Å²) in [6, 6.07) is 9.84. The molecule has 1 aliphatic heterocycles. The molecule has 0 aromatic heterocycles. The molecule has 7 heteroatoms. The topological polar surface area (TPSA) is 44.8 Å². The third-order valence-corrected chi connectivity index (χ3v) is 22.0. The molecule has 0 aliphatic carbocycles. The maximum atomic E-state index is 13.5. The van der Waals surface area contributed by atoms with Crippen molar-refractivity contribution in [1.29, 1.82) is 0 Å². The lowest BCUT2D eigenvalue weighted by Crippen LogP contribution is -2.47. The largest absolute Gasteiger partial charge is 0.411 e. The highest BCUT2D eigenvalue weighted by Crippen LogP contribution is 2.43. The van der Waals surface area contributed by atoms with Crippen LogP contribution in [0.5, 0.6) is 0 Å². The molecule has 1 saturated heterocycles. The average molecular weight is 723 g/mol. The summed E-state index contributed by atoms with van der Waals surface area (Å²) >= 11 is 0. The number of unbranched alkanes of at least 4 members (excludes halogenated alkanes) is 14. The minimum atomic E-state index is -2.06. The molecule has 0 N–H and O–H groups in total. The van der Waals surface area contributed by atoms with Gasteiger partial charge in [0.15, 0.2) is 16.6 Å². The summed E-state index contributed by atoms with van der Waals surface area (Å²) in [6.45, 7) is 25.5. The Labute approximate surface area is 303 Å². The lowest BCUT2D eigenvalue weighted by molar-refractivity contribution is -0.0326. The minimum Gasteiger partial charge on any atom is -0.411 e. The Balaban J connectivity index is 1.98. The summed E-state index contributed by atoms with van der Waals surface area (Å²) in [5.74, 6) is 0.464. The van der Waals surface area contributed by atoms with Gasteiger partial charge in [-0.2, -0.15) is 0 Å². The van der Waals surface area contributed by atoms with Gasteiger partial charge in [-0.1, -0.05) is 163 Å². The van der Waals surface area contributed by atoms with Gasteiger partial charge >= 0.3 is 0 Å². The molecule has 0 radical (unpaired) electrons. The van der Waals surface area contributed by atoms with Gasteiger partial charge in [-0.15, -0.1) is 0 Å². The van der Waals surface area contributed by atoms with Crippen LogP contribution >= 0.6 is 0 Å². The van der Waals surface area contributed by atoms with E-state index < -0.39 is 27.4 Å². The average Bonchev–Trinajstić information content (AvgIpc) is 3.38. The predicted octanol–water partition coefficient (Wildman–Crippen LogP) is 13.0. The number of ether oxygens (including phenoxy) is 1. The van der Waals surface area contributed by atoms with Crippen LogP contribution in [0.2, 0.25) is 36.3 Å². The fourth-order valence-corrected chi connectivity index (χ4v) is 10.2. The summed E-state index contributed by atoms with van der Waals surface area (Å²) < 4.78 is 34.7. The van der Waals surface area contributed by atoms with Crippen LogP contribution in [0, 0.1) is 0 Å². The number of hydrogen-bond acceptors (Lipinski definition) is 4. The Hall–Kier alpha value is -0.316. The number of rotatable bonds is 24. The molecule has 2 rings (SSSR count). The fourth-order valence-electron chi connectivity index (χ4n) is 6.22. The third kappa shape index (κ3) is 15.5. The van der Waals surface area contributed by atoms with Gasteiger partial charge in [0.2, 0.25) is 0 Å². The SMILES string of the molecule is CCCCCCCCCCCCCCCCC[C@H](O[Si](C)(C)C(C)(C)C)[C@@H]1C[C@@H](O[Si](C)(C)C(C)(C)C)[C@@H](CS(=O)c2ccccc2)O1. The number of hydrogen-bond donors (Lipinski definition) is 0. The smallest absolute Gasteiger partial charge is 0.192 e. The predicted molar refractivity (Wildman–Crippen MR) is 215 cm³/mol. The maximum absolute atomic E-state index is 13.5. The van der Waals surface area contributed by atoms with Gasteiger partial charge in [-0.3, -0.25) is 4.21 Å². The summed E-state index contributed by atoms with van der Waals surface area (Å²) in [6.07, 6.45) is 22.2. The van der Waals surface area contributed by atoms with Crippen molar-refractivity contribution in [2.75, 3.05) is 5.75 Å². The Morgan fingerprint density at radius 1 is 0.729 bits per heavy atom. The van der Waals surface area contributed by atoms with E-state index >= 15 is 0 Å². The molecule has 0 bridgehead atoms. The van der Waals surface area contributed by atoms with E-state index in [1.165, 1.54) is 96.3 Å². The molecule has 1 aromatic rings. The highest BCUT2D eigenvalue weighted by atomic mass is 32.2. The molecule has 1 unspecified atom stereocenters. The van der Waals surface area contributed by atoms with Gasteiger partial charge in [-0.25, -0.2) is 0 Å². The molecule has 0 amide bonds. The first-order chi connectivity index (χ1) is 22.5. The molecule has 5 atom stereocenters. The van der Waals surface area contributed by atoms with Crippen LogP contribution in [-0.2, 0) is 24.4 Å². The first kappa shape index (κ1) is 43.8. The Morgan fingerprint density at radius 2 is 1.19 bits per heavy atom. The van der Waals surface area contributed by atoms with Crippen molar-refractivity contribution in [2.24, 2.45) is 0 Å². The van der Waals surface area contributed by atoms with Crippen LogP contribution < -0.4 is 0 Å². The van der Waals surface area contributed by atoms with E-state index in [2.05, 4.69) is 74.7 Å². The lowest BCUT2D eigenvalue weighted by Gasteiger charge is -2.41. The molecule has 48 heavy (non-hydrogen) atoms. The van der Waals surface area contributed by atoms with Crippen LogP contribution in [0.3, 0.4) is 0 Å². The van der Waals surface area contributed by atoms with Crippen molar-refractivity contribution >= 4 is 27.4 Å². The summed E-state index contributed by atoms with van der Waals surface area (Å²) in [4.78, 5) is 0.863. The summed E-state index contributed by atoms with van der Waals surface area (Å²) in [5, 5.41) is 0.225. The van der Waals surface area contributed by atoms with Crippen molar-refractivity contribution in [3.63, 3.8) is 0 Å². The van der Waals surface area contributed by atoms with E-state index in [1.807, 2.05) is 30.3 Å². The van der Waals surface area contributed by atoms with Crippen molar-refractivity contribution < 1.29 is 17.8 Å². The van der Waals surface area contributed by atoms with Crippen LogP contribution in [0.15, 0.2) is 35.2 Å². The highest BCUT2D eigenvalue weighted by Gasteiger charge is 2.48. The zero-order valence-corrected chi connectivity index (χ0v) is 36.3. The molecule has 0 saturated carbocycles. The molecule has 1 heterocycles. The quantitative estimate of drug-likeness (QED) is 0.0787. The maximum Gasteiger partial charge on any atom is 0.192 e. The summed E-state index contributed by atoms with van der Waals surface area (Å²) in [7, 11) is -5.22. The van der Waals surface area contributed by atoms with Gasteiger partial charge < -0.3 is 13.6 Å². The van der Waals surface area contributed by atoms with E-state index in [4.69, 9.17) is 13.6 Å². The molecule has 280 valence electrons. The van der Waals surface area contributed by atoms with Crippen LogP contribution in [0.25, 0.3) is 0 Å². The fraction of sp³-hybridized carbons (Fsp3) is 0.854. The van der Waals surface area contributed by atoms with E-state index in [1.54, 1.807) is 0 Å². The molecule has 1 aliphatic rings. The van der Waals surface area contributed by atoms with Crippen molar-refractivity contribution in [2.45, 2.75) is 223 Å². The molecule has 4 nitrogen and oxygen atoms in total. The first-order valence-corrected chi connectivity index (χ1v) is 27.1. The van der Waals surface area contributed by atoms with Crippen molar-refractivity contribution in [3.05, 3.63) is 30.3 Å². The molecular weight excluding hydrogens is 645 g/mol. The molecule has 1 fully saturated rings. The standard InChI is InChI=1S/C41H78O4SSi2/c1-12-13-14-15-16-17-18-19-20-21-22-23-24-25-29-32-36(44-47(8,9)40(2,3)4)37-33-38(45-48(10,11)41(5,6)7)39(43-37)34-46(42)35-30-27-26-28-31-35/h26-28,30-31,36-39H,12-25,29,32-34H2,1-11H3/t36-,37-,38+,39+,46?/m0/s1. The van der Waals surface area contributed by atoms with E-state index in [0.29, 0.717) is 5.75 Å². The summed E-state index contributed by atoms with van der Waals surface area (Å²) in [5.41, 5.74) is 0. The van der Waals surface area contributed by atoms with Gasteiger partial charge in [0, 0.05) is 11.3 Å². The zero-order valence-electron chi connectivity index (χ0n) is 33.5. The minimum absolute atomic E-state index is 0.0293. The number of benzene rings is 1. The second-order valence-corrected chi connectivity index (χ2v) is 28.9. The monoisotopic (exact) mass is 723 g/mol. The van der Waals surface area contributed by atoms with Crippen LogP contribution in [-0.4, -0.2) is 51.0 Å². The van der Waals surface area contributed by atoms with Gasteiger partial charge in [0.25, 0.3) is 0 Å². The Bertz CT molecular complexity index is 1020. The Kier molecular flexibility index (Phi) is 19.4. The highest BCUT2D eigenvalue weighted by molar-refractivity contribution is 7.85. The first-order valence-electron chi connectivity index (χ1n) is 19.9. The van der Waals surface area contributed by atoms with E-state index in [0.717, 1.165) is 17.7 Å². The van der Waals surface area contributed by atoms with Crippen LogP contribution in [0.4, 0.5) is 0 Å². The second kappa shape index (κ2) is 21.3. The normalized spacial score (nSPS) is 20.7. The molecular formula is C41H78O4SSi2. The zero-order chi connectivity index (χ0) is 35.8. The molecule has 0 spiro atoms. The van der Waals surface area contributed by atoms with Gasteiger partial charge in [0.05, 0.1) is 41.0 Å². The third-order valence-electron chi connectivity index (χ3n) is 11.6. The van der Waals surface area contributed by atoms with Crippen molar-refractivity contribution in [1.82, 2.24) is 0 Å². The van der Waals surface area contributed by atoms with Crippen molar-refractivity contribution in [3.8, 4) is 0 Å². The van der Waals surface area contributed by atoms with Gasteiger partial charge in [0.1, 0.15) is 0 Å². The molecule has 1 aromatic carbocycles. The van der Waals surface area contributed by atoms with Gasteiger partial charge in [-0.05, 0) is 54.8 Å². The van der Waals surface area contributed by atoms with E-state index in [9.17, 15) is 4.21 Å². The van der Waals surface area contributed by atoms with E-state index in [-0.39, 0.29) is 34.5 Å². The second-order valence-electron chi connectivity index (χ2n) is 17.8. The lowest BCUT2D eigenvalue weighted by atomic mass is 10.0. The Morgan fingerprint density at radius 3 is 1.65 bits per heavy atom.